The standard InChI is InChI=1S/2C15H17.C5H10Si.2ClH.Hf/c2*1-9-7-14-10(2)12-5-4-6-13(12)11(3)15(14)8-9;1-2-4-6-5-3-1;;;/h2*7,13H,4-6H2,1-3H3;1-5H2;2*1H;/q;;;;;+2/p-2. The van der Waals surface area contributed by atoms with E-state index >= 15 is 0 Å². The number of halogens is 2. The molecule has 0 aromatic carbocycles. The van der Waals surface area contributed by atoms with Gasteiger partial charge in [0.05, 0.1) is 0 Å². The van der Waals surface area contributed by atoms with Crippen molar-refractivity contribution in [3.05, 3.63) is 85.7 Å². The molecular formula is C35H44Cl2HfSi. The van der Waals surface area contributed by atoms with Gasteiger partial charge >= 0.3 is 235 Å². The fourth-order valence-electron chi connectivity index (χ4n) is 9.39. The fraction of sp³-hybridized carbons (Fsp3) is 0.543. The Morgan fingerprint density at radius 3 is 1.49 bits per heavy atom. The summed E-state index contributed by atoms with van der Waals surface area (Å²) >= 11 is -2.39. The van der Waals surface area contributed by atoms with Gasteiger partial charge < -0.3 is 24.8 Å². The minimum atomic E-state index is -2.39. The van der Waals surface area contributed by atoms with E-state index in [1.165, 1.54) is 57.8 Å². The third kappa shape index (κ3) is 4.44. The molecule has 7 rings (SSSR count). The minimum Gasteiger partial charge on any atom is -1.00 e. The van der Waals surface area contributed by atoms with Gasteiger partial charge in [-0.25, -0.2) is 0 Å². The van der Waals surface area contributed by atoms with Crippen molar-refractivity contribution in [3.8, 4) is 0 Å². The van der Waals surface area contributed by atoms with Gasteiger partial charge in [-0.2, -0.15) is 0 Å². The summed E-state index contributed by atoms with van der Waals surface area (Å²) in [6.45, 7) is 15.1. The average Bonchev–Trinajstić information content (AvgIpc) is 3.68. The molecular weight excluding hydrogens is 698 g/mol. The van der Waals surface area contributed by atoms with E-state index in [4.69, 9.17) is 0 Å². The van der Waals surface area contributed by atoms with E-state index < -0.39 is 20.1 Å². The van der Waals surface area contributed by atoms with Crippen LogP contribution in [0.25, 0.3) is 0 Å². The predicted molar refractivity (Wildman–Crippen MR) is 156 cm³/mol. The molecule has 0 amide bonds. The molecule has 0 bridgehead atoms. The third-order valence-corrected chi connectivity index (χ3v) is 39.1. The summed E-state index contributed by atoms with van der Waals surface area (Å²) in [7, 11) is 0. The normalized spacial score (nSPS) is 27.7. The number of hydrogen-bond acceptors (Lipinski definition) is 0. The van der Waals surface area contributed by atoms with Crippen molar-refractivity contribution in [1.29, 1.82) is 0 Å². The monoisotopic (exact) mass is 742 g/mol. The first-order chi connectivity index (χ1) is 17.9. The van der Waals surface area contributed by atoms with Crippen molar-refractivity contribution >= 4 is 5.49 Å². The molecule has 0 aromatic rings. The Hall–Kier alpha value is -0.413. The van der Waals surface area contributed by atoms with Gasteiger partial charge in [0.2, 0.25) is 0 Å². The van der Waals surface area contributed by atoms with Crippen LogP contribution in [-0.4, -0.2) is 5.49 Å². The molecule has 206 valence electrons. The largest absolute Gasteiger partial charge is 1.00 e. The number of allylic oxidation sites excluding steroid dienone is 16. The average molecular weight is 742 g/mol. The molecule has 0 radical (unpaired) electrons. The van der Waals surface area contributed by atoms with Crippen LogP contribution in [0.5, 0.6) is 0 Å². The molecule has 1 heterocycles. The zero-order chi connectivity index (χ0) is 25.6. The maximum atomic E-state index is 2.67. The molecule has 4 heteroatoms. The van der Waals surface area contributed by atoms with Gasteiger partial charge in [-0.15, -0.1) is 0 Å². The Kier molecular flexibility index (Phi) is 8.75. The van der Waals surface area contributed by atoms with E-state index in [0.29, 0.717) is 0 Å². The first kappa shape index (κ1) is 30.1. The van der Waals surface area contributed by atoms with Crippen LogP contribution in [0, 0.1) is 11.8 Å². The molecule has 0 spiro atoms. The van der Waals surface area contributed by atoms with E-state index in [1.54, 1.807) is 79.0 Å². The second-order valence-electron chi connectivity index (χ2n) is 13.1. The maximum Gasteiger partial charge on any atom is -1.00 e. The summed E-state index contributed by atoms with van der Waals surface area (Å²) in [5.74, 6) is 1.50. The predicted octanol–water partition coefficient (Wildman–Crippen LogP) is 4.11. The van der Waals surface area contributed by atoms with Gasteiger partial charge in [-0.05, 0) is 0 Å². The van der Waals surface area contributed by atoms with Gasteiger partial charge in [-0.1, -0.05) is 0 Å². The first-order valence-electron chi connectivity index (χ1n) is 15.3. The summed E-state index contributed by atoms with van der Waals surface area (Å²) in [6, 6.07) is 3.19. The maximum absolute atomic E-state index is 2.67. The van der Waals surface area contributed by atoms with Crippen LogP contribution in [0.2, 0.25) is 12.1 Å². The van der Waals surface area contributed by atoms with E-state index in [9.17, 15) is 0 Å². The second kappa shape index (κ2) is 11.3. The number of fused-ring (bicyclic) bond motifs is 4. The van der Waals surface area contributed by atoms with Crippen molar-refractivity contribution in [2.45, 2.75) is 111 Å². The van der Waals surface area contributed by atoms with Crippen molar-refractivity contribution in [2.75, 3.05) is 0 Å². The molecule has 0 N–H and O–H groups in total. The molecule has 2 saturated carbocycles. The van der Waals surface area contributed by atoms with Gasteiger partial charge in [0, 0.05) is 0 Å². The molecule has 2 atom stereocenters. The SMILES string of the molecule is CC1=[C]([Hf+2]([C]2=C(C)C=C3C(C)=C4CCCC4C(C)=C32)=[Si]2CCCCC2)C2=C(C)C3CCCC3=C(C)C2=C1.[Cl-].[Cl-]. The van der Waals surface area contributed by atoms with Gasteiger partial charge in [0.15, 0.2) is 0 Å². The summed E-state index contributed by atoms with van der Waals surface area (Å²) < 4.78 is 3.98. The Balaban J connectivity index is 0.00000154. The Morgan fingerprint density at radius 2 is 1.05 bits per heavy atom. The number of hydrogen-bond donors (Lipinski definition) is 0. The Labute approximate surface area is 257 Å². The quantitative estimate of drug-likeness (QED) is 0.375. The van der Waals surface area contributed by atoms with Crippen molar-refractivity contribution < 1.29 is 44.9 Å². The molecule has 1 saturated heterocycles. The van der Waals surface area contributed by atoms with Crippen LogP contribution in [0.15, 0.2) is 85.7 Å². The third-order valence-electron chi connectivity index (χ3n) is 11.2. The molecule has 3 fully saturated rings. The number of rotatable bonds is 2. The van der Waals surface area contributed by atoms with Crippen molar-refractivity contribution in [2.24, 2.45) is 11.8 Å². The topological polar surface area (TPSA) is 0 Å². The van der Waals surface area contributed by atoms with E-state index in [1.807, 2.05) is 6.66 Å². The van der Waals surface area contributed by atoms with Crippen LogP contribution < -0.4 is 24.8 Å². The molecule has 7 aliphatic rings. The van der Waals surface area contributed by atoms with Crippen LogP contribution in [0.3, 0.4) is 0 Å². The van der Waals surface area contributed by atoms with E-state index in [2.05, 4.69) is 53.7 Å². The summed E-state index contributed by atoms with van der Waals surface area (Å²) in [5.41, 5.74) is 20.4. The zero-order valence-electron chi connectivity index (χ0n) is 24.8. The molecule has 2 unspecified atom stereocenters. The smallest absolute Gasteiger partial charge is 1.00 e. The molecule has 39 heavy (non-hydrogen) atoms. The van der Waals surface area contributed by atoms with Crippen LogP contribution in [-0.2, 0) is 20.1 Å². The molecule has 0 aromatic heterocycles. The van der Waals surface area contributed by atoms with Gasteiger partial charge in [0.1, 0.15) is 0 Å². The van der Waals surface area contributed by atoms with Gasteiger partial charge in [-0.3, -0.25) is 0 Å². The van der Waals surface area contributed by atoms with E-state index in [-0.39, 0.29) is 30.3 Å². The zero-order valence-corrected chi connectivity index (χ0v) is 30.9. The second-order valence-corrected chi connectivity index (χ2v) is 33.3. The fourth-order valence-corrected chi connectivity index (χ4v) is 42.7. The first-order valence-corrected chi connectivity index (χ1v) is 26.2. The van der Waals surface area contributed by atoms with Crippen LogP contribution >= 0.6 is 0 Å². The minimum absolute atomic E-state index is 0. The Morgan fingerprint density at radius 1 is 0.615 bits per heavy atom. The van der Waals surface area contributed by atoms with Crippen LogP contribution in [0.4, 0.5) is 0 Å². The van der Waals surface area contributed by atoms with Gasteiger partial charge in [0.25, 0.3) is 0 Å². The van der Waals surface area contributed by atoms with Crippen molar-refractivity contribution in [1.82, 2.24) is 0 Å². The summed E-state index contributed by atoms with van der Waals surface area (Å²) in [4.78, 5) is 0. The molecule has 0 nitrogen and oxygen atoms in total. The summed E-state index contributed by atoms with van der Waals surface area (Å²) in [5, 5.41) is 0. The summed E-state index contributed by atoms with van der Waals surface area (Å²) in [6.07, 6.45) is 18.1. The molecule has 6 aliphatic carbocycles. The Bertz CT molecular complexity index is 1340. The van der Waals surface area contributed by atoms with Crippen molar-refractivity contribution in [3.63, 3.8) is 0 Å². The van der Waals surface area contributed by atoms with Crippen LogP contribution in [0.1, 0.15) is 99.3 Å². The van der Waals surface area contributed by atoms with E-state index in [0.717, 1.165) is 11.8 Å². The molecule has 1 aliphatic heterocycles.